The highest BCUT2D eigenvalue weighted by atomic mass is 19.1. The molecule has 2 aromatic carbocycles. The van der Waals surface area contributed by atoms with E-state index in [1.54, 1.807) is 24.3 Å². The maximum Gasteiger partial charge on any atom is 0.271 e. The number of fused-ring (bicyclic) bond motifs is 3. The zero-order chi connectivity index (χ0) is 19.9. The van der Waals surface area contributed by atoms with Gasteiger partial charge in [0.05, 0.1) is 11.3 Å². The van der Waals surface area contributed by atoms with Crippen LogP contribution in [0.5, 0.6) is 0 Å². The average Bonchev–Trinajstić information content (AvgIpc) is 3.05. The van der Waals surface area contributed by atoms with Crippen molar-refractivity contribution in [3.63, 3.8) is 0 Å². The minimum absolute atomic E-state index is 0.165. The number of amides is 3. The van der Waals surface area contributed by atoms with Crippen LogP contribution in [0.2, 0.25) is 0 Å². The smallest absolute Gasteiger partial charge is 0.271 e. The van der Waals surface area contributed by atoms with E-state index in [2.05, 4.69) is 5.32 Å². The number of anilines is 2. The average molecular weight is 381 g/mol. The van der Waals surface area contributed by atoms with Gasteiger partial charge in [-0.25, -0.2) is 4.39 Å². The van der Waals surface area contributed by atoms with E-state index in [4.69, 9.17) is 0 Å². The van der Waals surface area contributed by atoms with Crippen LogP contribution in [0.25, 0.3) is 0 Å². The van der Waals surface area contributed by atoms with Gasteiger partial charge in [0.15, 0.2) is 0 Å². The van der Waals surface area contributed by atoms with Crippen LogP contribution in [-0.2, 0) is 9.59 Å². The summed E-state index contributed by atoms with van der Waals surface area (Å²) in [6.45, 7) is 2.26. The number of carbonyl (C=O) groups is 3. The summed E-state index contributed by atoms with van der Waals surface area (Å²) in [5.74, 6) is -1.35. The molecule has 2 aliphatic rings. The molecule has 7 heteroatoms. The minimum atomic E-state index is -1.42. The molecule has 1 saturated heterocycles. The molecular weight excluding hydrogens is 361 g/mol. The topological polar surface area (TPSA) is 69.7 Å². The van der Waals surface area contributed by atoms with Crippen LogP contribution in [0.4, 0.5) is 15.8 Å². The van der Waals surface area contributed by atoms with E-state index in [9.17, 15) is 18.8 Å². The van der Waals surface area contributed by atoms with Crippen molar-refractivity contribution in [2.45, 2.75) is 31.8 Å². The Morgan fingerprint density at radius 2 is 1.86 bits per heavy atom. The molecule has 0 bridgehead atoms. The van der Waals surface area contributed by atoms with Crippen molar-refractivity contribution in [3.8, 4) is 0 Å². The van der Waals surface area contributed by atoms with E-state index < -0.39 is 17.4 Å². The summed E-state index contributed by atoms with van der Waals surface area (Å²) in [5.41, 5.74) is -0.150. The SMILES string of the molecule is CCCN1C(=O)c2ccccc2N2C(=O)CCC12C(=O)Nc1ccc(F)cc1. The van der Waals surface area contributed by atoms with E-state index in [0.717, 1.165) is 0 Å². The van der Waals surface area contributed by atoms with E-state index in [-0.39, 0.29) is 24.7 Å². The molecule has 1 unspecified atom stereocenters. The molecule has 144 valence electrons. The molecule has 0 aromatic heterocycles. The lowest BCUT2D eigenvalue weighted by molar-refractivity contribution is -0.128. The zero-order valence-electron chi connectivity index (χ0n) is 15.4. The number of para-hydroxylation sites is 1. The molecule has 1 fully saturated rings. The lowest BCUT2D eigenvalue weighted by Crippen LogP contribution is -2.69. The Balaban J connectivity index is 1.83. The Bertz CT molecular complexity index is 960. The Morgan fingerprint density at radius 3 is 2.57 bits per heavy atom. The van der Waals surface area contributed by atoms with Gasteiger partial charge in [-0.05, 0) is 42.8 Å². The van der Waals surface area contributed by atoms with E-state index in [1.165, 1.54) is 34.1 Å². The van der Waals surface area contributed by atoms with Gasteiger partial charge in [0.25, 0.3) is 11.8 Å². The van der Waals surface area contributed by atoms with E-state index in [0.29, 0.717) is 29.9 Å². The van der Waals surface area contributed by atoms with Gasteiger partial charge in [-0.2, -0.15) is 0 Å². The van der Waals surface area contributed by atoms with Crippen LogP contribution in [-0.4, -0.2) is 34.8 Å². The Hall–Kier alpha value is -3.22. The third-order valence-electron chi connectivity index (χ3n) is 5.29. The normalized spacial score (nSPS) is 20.8. The fourth-order valence-corrected chi connectivity index (χ4v) is 4.08. The Kier molecular flexibility index (Phi) is 4.37. The predicted octanol–water partition coefficient (Wildman–Crippen LogP) is 3.15. The zero-order valence-corrected chi connectivity index (χ0v) is 15.4. The van der Waals surface area contributed by atoms with Gasteiger partial charge in [-0.3, -0.25) is 19.3 Å². The Labute approximate surface area is 161 Å². The maximum absolute atomic E-state index is 13.4. The second-order valence-electron chi connectivity index (χ2n) is 6.98. The molecule has 0 aliphatic carbocycles. The summed E-state index contributed by atoms with van der Waals surface area (Å²) in [5, 5.41) is 2.77. The third-order valence-corrected chi connectivity index (χ3v) is 5.29. The first-order chi connectivity index (χ1) is 13.5. The van der Waals surface area contributed by atoms with Gasteiger partial charge < -0.3 is 10.2 Å². The van der Waals surface area contributed by atoms with Gasteiger partial charge >= 0.3 is 0 Å². The van der Waals surface area contributed by atoms with Crippen molar-refractivity contribution in [1.82, 2.24) is 4.90 Å². The minimum Gasteiger partial charge on any atom is -0.322 e. The highest BCUT2D eigenvalue weighted by Gasteiger charge is 2.60. The number of nitrogens with one attached hydrogen (secondary N) is 1. The summed E-state index contributed by atoms with van der Waals surface area (Å²) in [6.07, 6.45) is 1.01. The molecule has 0 saturated carbocycles. The fraction of sp³-hybridized carbons (Fsp3) is 0.286. The highest BCUT2D eigenvalue weighted by Crippen LogP contribution is 2.45. The lowest BCUT2D eigenvalue weighted by atomic mass is 9.95. The number of halogens is 1. The van der Waals surface area contributed by atoms with Gasteiger partial charge in [-0.1, -0.05) is 19.1 Å². The molecule has 2 heterocycles. The van der Waals surface area contributed by atoms with Crippen LogP contribution in [0, 0.1) is 5.82 Å². The van der Waals surface area contributed by atoms with Crippen molar-refractivity contribution < 1.29 is 18.8 Å². The van der Waals surface area contributed by atoms with Gasteiger partial charge in [0, 0.05) is 25.1 Å². The van der Waals surface area contributed by atoms with Crippen LogP contribution < -0.4 is 10.2 Å². The second kappa shape index (κ2) is 6.74. The molecule has 28 heavy (non-hydrogen) atoms. The molecule has 2 aromatic rings. The van der Waals surface area contributed by atoms with Crippen molar-refractivity contribution in [2.24, 2.45) is 0 Å². The Morgan fingerprint density at radius 1 is 1.14 bits per heavy atom. The van der Waals surface area contributed by atoms with Crippen LogP contribution in [0.3, 0.4) is 0 Å². The largest absolute Gasteiger partial charge is 0.322 e. The summed E-state index contributed by atoms with van der Waals surface area (Å²) in [6, 6.07) is 12.3. The first-order valence-corrected chi connectivity index (χ1v) is 9.30. The van der Waals surface area contributed by atoms with Crippen molar-refractivity contribution >= 4 is 29.1 Å². The van der Waals surface area contributed by atoms with Crippen molar-refractivity contribution in [3.05, 3.63) is 59.9 Å². The monoisotopic (exact) mass is 381 g/mol. The number of carbonyl (C=O) groups excluding carboxylic acids is 3. The van der Waals surface area contributed by atoms with Gasteiger partial charge in [0.2, 0.25) is 11.6 Å². The summed E-state index contributed by atoms with van der Waals surface area (Å²) >= 11 is 0. The van der Waals surface area contributed by atoms with E-state index >= 15 is 0 Å². The number of hydrogen-bond acceptors (Lipinski definition) is 3. The molecule has 0 spiro atoms. The summed E-state index contributed by atoms with van der Waals surface area (Å²) < 4.78 is 13.2. The molecule has 6 nitrogen and oxygen atoms in total. The van der Waals surface area contributed by atoms with Crippen LogP contribution in [0.15, 0.2) is 48.5 Å². The summed E-state index contributed by atoms with van der Waals surface area (Å²) in [7, 11) is 0. The highest BCUT2D eigenvalue weighted by molar-refractivity contribution is 6.18. The number of hydrogen-bond donors (Lipinski definition) is 1. The molecule has 0 radical (unpaired) electrons. The summed E-state index contributed by atoms with van der Waals surface area (Å²) in [4.78, 5) is 42.4. The molecular formula is C21H20FN3O3. The maximum atomic E-state index is 13.4. The van der Waals surface area contributed by atoms with E-state index in [1.807, 2.05) is 6.92 Å². The number of benzene rings is 2. The third kappa shape index (κ3) is 2.58. The van der Waals surface area contributed by atoms with Crippen molar-refractivity contribution in [2.75, 3.05) is 16.8 Å². The first kappa shape index (κ1) is 18.2. The van der Waals surface area contributed by atoms with Crippen LogP contribution in [0.1, 0.15) is 36.5 Å². The quantitative estimate of drug-likeness (QED) is 0.885. The lowest BCUT2D eigenvalue weighted by Gasteiger charge is -2.49. The fourth-order valence-electron chi connectivity index (χ4n) is 4.08. The molecule has 1 N–H and O–H groups in total. The molecule has 1 atom stereocenters. The second-order valence-corrected chi connectivity index (χ2v) is 6.98. The molecule has 3 amide bonds. The first-order valence-electron chi connectivity index (χ1n) is 9.30. The van der Waals surface area contributed by atoms with Gasteiger partial charge in [0.1, 0.15) is 5.82 Å². The predicted molar refractivity (Wildman–Crippen MR) is 102 cm³/mol. The molecule has 2 aliphatic heterocycles. The molecule has 4 rings (SSSR count). The van der Waals surface area contributed by atoms with Crippen LogP contribution >= 0.6 is 0 Å². The standard InChI is InChI=1S/C21H20FN3O3/c1-2-13-24-19(27)16-5-3-4-6-17(16)25-18(26)11-12-21(24,25)20(28)23-15-9-7-14(22)8-10-15/h3-10H,2,11-13H2,1H3,(H,23,28). The van der Waals surface area contributed by atoms with Gasteiger partial charge in [-0.15, -0.1) is 0 Å². The number of nitrogens with zero attached hydrogens (tertiary/aromatic N) is 2. The van der Waals surface area contributed by atoms with Crippen molar-refractivity contribution in [1.29, 1.82) is 0 Å². The number of rotatable bonds is 4.